The molecule has 0 aromatic carbocycles. The summed E-state index contributed by atoms with van der Waals surface area (Å²) in [6.45, 7) is 4.90. The number of carbonyl (C=O) groups is 2. The van der Waals surface area contributed by atoms with Gasteiger partial charge in [0.25, 0.3) is 0 Å². The molecular weight excluding hydrogens is 767 g/mol. The third kappa shape index (κ3) is 48.1. The van der Waals surface area contributed by atoms with E-state index in [4.69, 9.17) is 4.74 Å². The van der Waals surface area contributed by atoms with Gasteiger partial charge in [0, 0.05) is 12.8 Å². The van der Waals surface area contributed by atoms with Crippen molar-refractivity contribution in [1.82, 2.24) is 5.32 Å². The highest BCUT2D eigenvalue weighted by molar-refractivity contribution is 5.76. The number of aliphatic hydroxyl groups excluding tert-OH is 2. The molecule has 0 radical (unpaired) electrons. The van der Waals surface area contributed by atoms with Crippen LogP contribution < -0.4 is 5.32 Å². The first kappa shape index (κ1) is 60.6. The quantitative estimate of drug-likeness (QED) is 0.0321. The van der Waals surface area contributed by atoms with Crippen molar-refractivity contribution in [3.05, 3.63) is 12.2 Å². The van der Waals surface area contributed by atoms with E-state index in [1.807, 2.05) is 6.08 Å². The van der Waals surface area contributed by atoms with Crippen molar-refractivity contribution in [3.8, 4) is 0 Å². The van der Waals surface area contributed by atoms with E-state index in [1.165, 1.54) is 238 Å². The van der Waals surface area contributed by atoms with Crippen molar-refractivity contribution >= 4 is 11.9 Å². The molecule has 0 saturated carbocycles. The molecule has 0 spiro atoms. The molecule has 2 atom stereocenters. The van der Waals surface area contributed by atoms with Crippen molar-refractivity contribution in [1.29, 1.82) is 0 Å². The molecule has 0 aliphatic heterocycles. The number of esters is 1. The first-order valence-electron chi connectivity index (χ1n) is 28.0. The van der Waals surface area contributed by atoms with Crippen molar-refractivity contribution in [2.75, 3.05) is 13.2 Å². The molecule has 6 nitrogen and oxygen atoms in total. The number of hydrogen-bond acceptors (Lipinski definition) is 5. The molecule has 0 fully saturated rings. The van der Waals surface area contributed by atoms with Gasteiger partial charge in [0.2, 0.25) is 5.91 Å². The summed E-state index contributed by atoms with van der Waals surface area (Å²) < 4.78 is 5.48. The highest BCUT2D eigenvalue weighted by atomic mass is 16.5. The van der Waals surface area contributed by atoms with E-state index >= 15 is 0 Å². The van der Waals surface area contributed by atoms with Crippen molar-refractivity contribution in [2.24, 2.45) is 0 Å². The van der Waals surface area contributed by atoms with Gasteiger partial charge in [-0.1, -0.05) is 276 Å². The Morgan fingerprint density at radius 1 is 0.435 bits per heavy atom. The van der Waals surface area contributed by atoms with Gasteiger partial charge in [-0.3, -0.25) is 9.59 Å². The average molecular weight is 876 g/mol. The minimum atomic E-state index is -0.848. The lowest BCUT2D eigenvalue weighted by molar-refractivity contribution is -0.143. The van der Waals surface area contributed by atoms with Gasteiger partial charge in [0.05, 0.1) is 25.4 Å². The summed E-state index contributed by atoms with van der Waals surface area (Å²) in [6, 6.07) is -0.632. The Morgan fingerprint density at radius 3 is 1.10 bits per heavy atom. The number of hydrogen-bond donors (Lipinski definition) is 3. The number of aliphatic hydroxyl groups is 2. The summed E-state index contributed by atoms with van der Waals surface area (Å²) in [4.78, 5) is 24.5. The highest BCUT2D eigenvalue weighted by Gasteiger charge is 2.18. The zero-order chi connectivity index (χ0) is 45.1. The summed E-state index contributed by atoms with van der Waals surface area (Å²) in [5, 5.41) is 23.0. The fraction of sp³-hybridized carbons (Fsp3) is 0.929. The maximum absolute atomic E-state index is 12.4. The Hall–Kier alpha value is -1.40. The van der Waals surface area contributed by atoms with Gasteiger partial charge in [-0.2, -0.15) is 0 Å². The van der Waals surface area contributed by atoms with Crippen LogP contribution in [-0.2, 0) is 14.3 Å². The van der Waals surface area contributed by atoms with Gasteiger partial charge in [-0.15, -0.1) is 0 Å². The molecule has 6 heteroatoms. The Labute approximate surface area is 387 Å². The van der Waals surface area contributed by atoms with E-state index in [9.17, 15) is 19.8 Å². The maximum atomic E-state index is 12.4. The number of unbranched alkanes of at least 4 members (excludes halogenated alkanes) is 41. The van der Waals surface area contributed by atoms with Crippen LogP contribution >= 0.6 is 0 Å². The Morgan fingerprint density at radius 2 is 0.742 bits per heavy atom. The molecule has 368 valence electrons. The highest BCUT2D eigenvalue weighted by Crippen LogP contribution is 2.17. The van der Waals surface area contributed by atoms with Crippen molar-refractivity contribution in [2.45, 2.75) is 321 Å². The Bertz CT molecular complexity index is 924. The molecule has 62 heavy (non-hydrogen) atoms. The van der Waals surface area contributed by atoms with Crippen molar-refractivity contribution < 1.29 is 24.5 Å². The van der Waals surface area contributed by atoms with Gasteiger partial charge in [-0.25, -0.2) is 0 Å². The molecule has 0 aliphatic rings. The zero-order valence-electron chi connectivity index (χ0n) is 41.9. The molecule has 0 bridgehead atoms. The van der Waals surface area contributed by atoms with E-state index < -0.39 is 12.1 Å². The zero-order valence-corrected chi connectivity index (χ0v) is 41.9. The van der Waals surface area contributed by atoms with Crippen molar-refractivity contribution in [3.63, 3.8) is 0 Å². The smallest absolute Gasteiger partial charge is 0.305 e. The van der Waals surface area contributed by atoms with E-state index in [0.717, 1.165) is 44.9 Å². The van der Waals surface area contributed by atoms with E-state index in [-0.39, 0.29) is 18.5 Å². The number of carbonyl (C=O) groups excluding carboxylic acids is 2. The third-order valence-electron chi connectivity index (χ3n) is 13.1. The summed E-state index contributed by atoms with van der Waals surface area (Å²) in [6.07, 6.45) is 60.8. The maximum Gasteiger partial charge on any atom is 0.305 e. The number of amides is 1. The molecule has 0 heterocycles. The molecule has 1 amide bonds. The third-order valence-corrected chi connectivity index (χ3v) is 13.1. The lowest BCUT2D eigenvalue weighted by Crippen LogP contribution is -2.45. The van der Waals surface area contributed by atoms with Crippen LogP contribution in [-0.4, -0.2) is 47.4 Å². The van der Waals surface area contributed by atoms with Crippen LogP contribution in [0, 0.1) is 0 Å². The molecule has 0 aromatic heterocycles. The fourth-order valence-corrected chi connectivity index (χ4v) is 8.75. The van der Waals surface area contributed by atoms with Crippen LogP contribution in [0.5, 0.6) is 0 Å². The van der Waals surface area contributed by atoms with Gasteiger partial charge in [0.1, 0.15) is 0 Å². The monoisotopic (exact) mass is 876 g/mol. The molecular formula is C56H109NO5. The fourth-order valence-electron chi connectivity index (χ4n) is 8.75. The molecule has 0 aromatic rings. The number of ether oxygens (including phenoxy) is 1. The van der Waals surface area contributed by atoms with Crippen LogP contribution in [0.2, 0.25) is 0 Å². The Balaban J connectivity index is 3.42. The standard InChI is InChI=1S/C56H109NO5/c1-3-5-7-9-11-13-15-17-18-19-22-26-30-34-38-42-46-50-56(61)62-51-47-43-39-35-31-27-23-20-21-25-29-33-37-41-45-49-55(60)57-53(52-58)54(59)48-44-40-36-32-28-24-16-14-12-10-8-6-4-2/h44,48,53-54,58-59H,3-43,45-47,49-52H2,1-2H3,(H,57,60)/b48-44+. The number of allylic oxidation sites excluding steroid dienone is 1. The van der Waals surface area contributed by atoms with E-state index in [2.05, 4.69) is 19.2 Å². The summed E-state index contributed by atoms with van der Waals surface area (Å²) >= 11 is 0. The predicted molar refractivity (Wildman–Crippen MR) is 269 cm³/mol. The first-order valence-corrected chi connectivity index (χ1v) is 28.0. The lowest BCUT2D eigenvalue weighted by Gasteiger charge is -2.20. The van der Waals surface area contributed by atoms with Crippen LogP contribution in [0.25, 0.3) is 0 Å². The van der Waals surface area contributed by atoms with Gasteiger partial charge < -0.3 is 20.3 Å². The van der Waals surface area contributed by atoms with E-state index in [1.54, 1.807) is 6.08 Å². The predicted octanol–water partition coefficient (Wildman–Crippen LogP) is 16.9. The SMILES string of the molecule is CCCCCCCCCCCCC/C=C/C(O)C(CO)NC(=O)CCCCCCCCCCCCCCCCCOC(=O)CCCCCCCCCCCCCCCCCCC. The first-order chi connectivity index (χ1) is 30.5. The van der Waals surface area contributed by atoms with Gasteiger partial charge in [0.15, 0.2) is 0 Å². The summed E-state index contributed by atoms with van der Waals surface area (Å²) in [7, 11) is 0. The molecule has 0 saturated heterocycles. The van der Waals surface area contributed by atoms with Crippen LogP contribution in [0.1, 0.15) is 309 Å². The second-order valence-electron chi connectivity index (χ2n) is 19.3. The number of nitrogens with one attached hydrogen (secondary N) is 1. The van der Waals surface area contributed by atoms with Crippen LogP contribution in [0.3, 0.4) is 0 Å². The largest absolute Gasteiger partial charge is 0.466 e. The summed E-state index contributed by atoms with van der Waals surface area (Å²) in [5.41, 5.74) is 0. The minimum absolute atomic E-state index is 0.00374. The second-order valence-corrected chi connectivity index (χ2v) is 19.3. The summed E-state index contributed by atoms with van der Waals surface area (Å²) in [5.74, 6) is -0.0717. The normalized spacial score (nSPS) is 12.6. The minimum Gasteiger partial charge on any atom is -0.466 e. The Kier molecular flexibility index (Phi) is 51.0. The molecule has 0 rings (SSSR count). The number of rotatable bonds is 52. The average Bonchev–Trinajstić information content (AvgIpc) is 3.27. The second kappa shape index (κ2) is 52.2. The topological polar surface area (TPSA) is 95.9 Å². The van der Waals surface area contributed by atoms with E-state index in [0.29, 0.717) is 19.4 Å². The van der Waals surface area contributed by atoms with Crippen LogP contribution in [0.15, 0.2) is 12.2 Å². The van der Waals surface area contributed by atoms with Crippen LogP contribution in [0.4, 0.5) is 0 Å². The molecule has 2 unspecified atom stereocenters. The van der Waals surface area contributed by atoms with Gasteiger partial charge in [-0.05, 0) is 32.1 Å². The molecule has 0 aliphatic carbocycles. The van der Waals surface area contributed by atoms with Gasteiger partial charge >= 0.3 is 5.97 Å². The lowest BCUT2D eigenvalue weighted by atomic mass is 10.0. The molecule has 3 N–H and O–H groups in total.